The van der Waals surface area contributed by atoms with Gasteiger partial charge in [-0.25, -0.2) is 9.59 Å². The average Bonchev–Trinajstić information content (AvgIpc) is 2.72. The molecule has 156 valence electrons. The highest BCUT2D eigenvalue weighted by Crippen LogP contribution is 2.21. The van der Waals surface area contributed by atoms with Crippen molar-refractivity contribution in [3.05, 3.63) is 58.6 Å². The summed E-state index contributed by atoms with van der Waals surface area (Å²) < 4.78 is 1.13. The zero-order valence-corrected chi connectivity index (χ0v) is 18.6. The number of hydrogen-bond acceptors (Lipinski definition) is 5. The van der Waals surface area contributed by atoms with Gasteiger partial charge in [0.25, 0.3) is 0 Å². The van der Waals surface area contributed by atoms with Crippen LogP contribution in [0.15, 0.2) is 57.9 Å². The minimum atomic E-state index is -1.82. The van der Waals surface area contributed by atoms with Gasteiger partial charge in [0.15, 0.2) is 0 Å². The molecule has 0 spiro atoms. The second-order valence-corrected chi connectivity index (χ2v) is 8.46. The highest BCUT2D eigenvalue weighted by molar-refractivity contribution is 9.10. The molecule has 3 rings (SSSR count). The highest BCUT2D eigenvalue weighted by Gasteiger charge is 2.19. The van der Waals surface area contributed by atoms with Crippen LogP contribution in [0.5, 0.6) is 0 Å². The Hall–Kier alpha value is -2.03. The van der Waals surface area contributed by atoms with E-state index in [1.54, 1.807) is 11.8 Å². The summed E-state index contributed by atoms with van der Waals surface area (Å²) >= 11 is 5.28. The lowest BCUT2D eigenvalue weighted by molar-refractivity contribution is -0.159. The first kappa shape index (κ1) is 23.3. The number of nitrogens with zero attached hydrogens (tertiary/aromatic N) is 1. The van der Waals surface area contributed by atoms with Crippen LogP contribution < -0.4 is 5.32 Å². The maximum Gasteiger partial charge on any atom is 0.414 e. The quantitative estimate of drug-likeness (QED) is 0.431. The second kappa shape index (κ2) is 11.8. The number of carboxylic acid groups (broad SMARTS) is 2. The van der Waals surface area contributed by atoms with Gasteiger partial charge in [0.1, 0.15) is 0 Å². The maximum atomic E-state index is 9.10. The number of rotatable bonds is 5. The molecule has 2 aromatic rings. The number of nitrogens with one attached hydrogen (secondary N) is 1. The van der Waals surface area contributed by atoms with Crippen molar-refractivity contribution >= 4 is 45.3 Å². The van der Waals surface area contributed by atoms with Gasteiger partial charge in [0.2, 0.25) is 0 Å². The molecule has 1 aliphatic heterocycles. The average molecular weight is 481 g/mol. The molecule has 3 N–H and O–H groups in total. The largest absolute Gasteiger partial charge is 0.473 e. The van der Waals surface area contributed by atoms with Gasteiger partial charge in [0.05, 0.1) is 0 Å². The maximum absolute atomic E-state index is 9.10. The number of benzene rings is 2. The molecule has 1 heterocycles. The van der Waals surface area contributed by atoms with Crippen molar-refractivity contribution in [1.29, 1.82) is 0 Å². The molecule has 0 unspecified atom stereocenters. The summed E-state index contributed by atoms with van der Waals surface area (Å²) in [7, 11) is 0. The Bertz CT molecular complexity index is 779. The number of anilines is 1. The Morgan fingerprint density at radius 1 is 1.03 bits per heavy atom. The Balaban J connectivity index is 0.000000438. The Kier molecular flexibility index (Phi) is 9.50. The molecule has 1 saturated heterocycles. The molecule has 0 aromatic heterocycles. The number of piperidine rings is 1. The number of halogens is 1. The van der Waals surface area contributed by atoms with Gasteiger partial charge >= 0.3 is 11.9 Å². The van der Waals surface area contributed by atoms with E-state index in [0.717, 1.165) is 11.0 Å². The normalized spacial score (nSPS) is 14.6. The van der Waals surface area contributed by atoms with Gasteiger partial charge < -0.3 is 15.5 Å². The van der Waals surface area contributed by atoms with E-state index in [1.165, 1.54) is 42.1 Å². The lowest BCUT2D eigenvalue weighted by Crippen LogP contribution is -2.38. The molecular weight excluding hydrogens is 456 g/mol. The third-order valence-electron chi connectivity index (χ3n) is 4.55. The van der Waals surface area contributed by atoms with Crippen LogP contribution >= 0.6 is 27.7 Å². The monoisotopic (exact) mass is 480 g/mol. The van der Waals surface area contributed by atoms with Crippen molar-refractivity contribution in [2.75, 3.05) is 24.7 Å². The Morgan fingerprint density at radius 3 is 2.07 bits per heavy atom. The third-order valence-corrected chi connectivity index (χ3v) is 5.82. The topological polar surface area (TPSA) is 89.9 Å². The highest BCUT2D eigenvalue weighted by atomic mass is 79.9. The summed E-state index contributed by atoms with van der Waals surface area (Å²) in [6.45, 7) is 3.40. The molecule has 2 aromatic carbocycles. The number of aliphatic carboxylic acids is 2. The second-order valence-electron chi connectivity index (χ2n) is 6.66. The molecule has 1 aliphatic rings. The molecular formula is C21H25BrN2O4S. The third kappa shape index (κ3) is 8.47. The van der Waals surface area contributed by atoms with E-state index in [-0.39, 0.29) is 0 Å². The summed E-state index contributed by atoms with van der Waals surface area (Å²) in [5.74, 6) is -3.65. The van der Waals surface area contributed by atoms with Gasteiger partial charge in [-0.1, -0.05) is 28.1 Å². The van der Waals surface area contributed by atoms with Crippen molar-refractivity contribution < 1.29 is 19.8 Å². The molecule has 6 nitrogen and oxygen atoms in total. The van der Waals surface area contributed by atoms with Crippen LogP contribution in [0.1, 0.15) is 18.4 Å². The molecule has 29 heavy (non-hydrogen) atoms. The molecule has 0 atom stereocenters. The van der Waals surface area contributed by atoms with Crippen LogP contribution in [-0.2, 0) is 16.1 Å². The fourth-order valence-corrected chi connectivity index (χ4v) is 3.68. The predicted molar refractivity (Wildman–Crippen MR) is 120 cm³/mol. The zero-order valence-electron chi connectivity index (χ0n) is 16.2. The number of thioether (sulfide) groups is 1. The molecule has 1 fully saturated rings. The van der Waals surface area contributed by atoms with Crippen molar-refractivity contribution in [2.24, 2.45) is 0 Å². The van der Waals surface area contributed by atoms with Gasteiger partial charge in [0, 0.05) is 40.7 Å². The number of carbonyl (C=O) groups is 2. The lowest BCUT2D eigenvalue weighted by atomic mass is 10.0. The first-order chi connectivity index (χ1) is 13.9. The fraction of sp³-hybridized carbons (Fsp3) is 0.333. The van der Waals surface area contributed by atoms with E-state index in [2.05, 4.69) is 80.9 Å². The minimum Gasteiger partial charge on any atom is -0.473 e. The van der Waals surface area contributed by atoms with Gasteiger partial charge in [-0.05, 0) is 61.1 Å². The molecule has 0 saturated carbocycles. The summed E-state index contributed by atoms with van der Waals surface area (Å²) in [6.07, 6.45) is 4.54. The molecule has 0 amide bonds. The van der Waals surface area contributed by atoms with Gasteiger partial charge in [-0.15, -0.1) is 11.8 Å². The van der Waals surface area contributed by atoms with Crippen LogP contribution in [0.2, 0.25) is 0 Å². The number of likely N-dealkylation sites (tertiary alicyclic amines) is 1. The minimum absolute atomic E-state index is 0.589. The first-order valence-electron chi connectivity index (χ1n) is 9.21. The Labute approximate surface area is 183 Å². The van der Waals surface area contributed by atoms with Crippen molar-refractivity contribution in [2.45, 2.75) is 30.3 Å². The van der Waals surface area contributed by atoms with Gasteiger partial charge in [-0.2, -0.15) is 0 Å². The van der Waals surface area contributed by atoms with E-state index in [4.69, 9.17) is 19.8 Å². The lowest BCUT2D eigenvalue weighted by Gasteiger charge is -2.33. The van der Waals surface area contributed by atoms with E-state index in [9.17, 15) is 0 Å². The smallest absolute Gasteiger partial charge is 0.414 e. The molecule has 0 aliphatic carbocycles. The van der Waals surface area contributed by atoms with E-state index in [0.29, 0.717) is 6.04 Å². The Morgan fingerprint density at radius 2 is 1.59 bits per heavy atom. The van der Waals surface area contributed by atoms with Gasteiger partial charge in [-0.3, -0.25) is 4.90 Å². The van der Waals surface area contributed by atoms with E-state index in [1.807, 2.05) is 0 Å². The fourth-order valence-electron chi connectivity index (χ4n) is 3.01. The van der Waals surface area contributed by atoms with E-state index < -0.39 is 11.9 Å². The van der Waals surface area contributed by atoms with Crippen LogP contribution in [0.25, 0.3) is 0 Å². The van der Waals surface area contributed by atoms with Crippen molar-refractivity contribution in [3.8, 4) is 0 Å². The summed E-state index contributed by atoms with van der Waals surface area (Å²) in [4.78, 5) is 22.1. The zero-order chi connectivity index (χ0) is 21.2. The first-order valence-corrected chi connectivity index (χ1v) is 11.2. The predicted octanol–water partition coefficient (Wildman–Crippen LogP) is 4.40. The molecule has 0 bridgehead atoms. The molecule has 8 heteroatoms. The van der Waals surface area contributed by atoms with E-state index >= 15 is 0 Å². The number of hydrogen-bond donors (Lipinski definition) is 3. The molecule has 0 radical (unpaired) electrons. The summed E-state index contributed by atoms with van der Waals surface area (Å²) in [6, 6.07) is 18.0. The SMILES string of the molecule is CSc1ccc(CN2CCC(Nc3ccc(Br)cc3)CC2)cc1.O=C(O)C(=O)O. The number of carboxylic acids is 2. The van der Waals surface area contributed by atoms with Crippen molar-refractivity contribution in [3.63, 3.8) is 0 Å². The van der Waals surface area contributed by atoms with Crippen molar-refractivity contribution in [1.82, 2.24) is 4.90 Å². The summed E-state index contributed by atoms with van der Waals surface area (Å²) in [5, 5.41) is 18.4. The van der Waals surface area contributed by atoms with Crippen LogP contribution in [0.4, 0.5) is 5.69 Å². The van der Waals surface area contributed by atoms with Crippen LogP contribution in [0.3, 0.4) is 0 Å². The standard InChI is InChI=1S/C19H23BrN2S.C2H2O4/c1-23-19-8-2-15(3-9-19)14-22-12-10-18(11-13-22)21-17-6-4-16(20)5-7-17;3-1(4)2(5)6/h2-9,18,21H,10-14H2,1H3;(H,3,4)(H,5,6). The summed E-state index contributed by atoms with van der Waals surface area (Å²) in [5.41, 5.74) is 2.64. The van der Waals surface area contributed by atoms with Crippen LogP contribution in [0, 0.1) is 0 Å². The van der Waals surface area contributed by atoms with Crippen LogP contribution in [-0.4, -0.2) is 52.4 Å².